The minimum Gasteiger partial charge on any atom is -0.244 e. The second-order valence-electron chi connectivity index (χ2n) is 4.54. The standard InChI is InChI=1S/C16H17NS/c1-3-7-14(8-4-1)13-18-12-11-16(17-18)15-9-5-2-6-10-15/h1-10,18H,11-13H2. The highest BCUT2D eigenvalue weighted by molar-refractivity contribution is 8.15. The van der Waals surface area contributed by atoms with E-state index in [1.807, 2.05) is 0 Å². The summed E-state index contributed by atoms with van der Waals surface area (Å²) >= 11 is -0.196. The van der Waals surface area contributed by atoms with Crippen LogP contribution in [0.3, 0.4) is 0 Å². The summed E-state index contributed by atoms with van der Waals surface area (Å²) in [6.07, 6.45) is 1.14. The van der Waals surface area contributed by atoms with Gasteiger partial charge < -0.3 is 0 Å². The van der Waals surface area contributed by atoms with Crippen molar-refractivity contribution in [3.05, 3.63) is 71.8 Å². The van der Waals surface area contributed by atoms with E-state index in [2.05, 4.69) is 60.7 Å². The van der Waals surface area contributed by atoms with E-state index in [4.69, 9.17) is 4.40 Å². The molecule has 0 aromatic heterocycles. The molecule has 0 amide bonds. The molecule has 0 fully saturated rings. The molecule has 0 aliphatic carbocycles. The molecule has 3 rings (SSSR count). The molecule has 0 saturated carbocycles. The van der Waals surface area contributed by atoms with E-state index in [9.17, 15) is 0 Å². The molecule has 92 valence electrons. The molecular formula is C16H17NS. The molecule has 1 aliphatic rings. The van der Waals surface area contributed by atoms with Gasteiger partial charge in [-0.15, -0.1) is 0 Å². The van der Waals surface area contributed by atoms with Crippen LogP contribution in [0.1, 0.15) is 17.5 Å². The Balaban J connectivity index is 1.73. The molecule has 1 heterocycles. The lowest BCUT2D eigenvalue weighted by Gasteiger charge is -2.10. The molecule has 0 radical (unpaired) electrons. The Morgan fingerprint density at radius 3 is 2.28 bits per heavy atom. The third-order valence-corrected chi connectivity index (χ3v) is 5.18. The fraction of sp³-hybridized carbons (Fsp3) is 0.188. The van der Waals surface area contributed by atoms with Gasteiger partial charge in [0.05, 0.1) is 5.71 Å². The molecule has 0 saturated heterocycles. The first kappa shape index (κ1) is 11.5. The van der Waals surface area contributed by atoms with Crippen molar-refractivity contribution in [2.24, 2.45) is 4.40 Å². The van der Waals surface area contributed by atoms with Crippen LogP contribution >= 0.6 is 11.1 Å². The fourth-order valence-electron chi connectivity index (χ4n) is 2.25. The van der Waals surface area contributed by atoms with Crippen LogP contribution in [0.2, 0.25) is 0 Å². The topological polar surface area (TPSA) is 12.4 Å². The molecule has 1 aliphatic heterocycles. The maximum absolute atomic E-state index is 4.94. The Kier molecular flexibility index (Phi) is 3.47. The third-order valence-electron chi connectivity index (χ3n) is 3.18. The van der Waals surface area contributed by atoms with Crippen molar-refractivity contribution < 1.29 is 0 Å². The number of rotatable bonds is 3. The molecule has 0 N–H and O–H groups in total. The number of hydrogen-bond acceptors (Lipinski definition) is 1. The molecule has 1 atom stereocenters. The first-order valence-corrected chi connectivity index (χ1v) is 8.00. The van der Waals surface area contributed by atoms with Gasteiger partial charge in [0, 0.05) is 5.75 Å². The van der Waals surface area contributed by atoms with E-state index in [-0.39, 0.29) is 11.1 Å². The lowest BCUT2D eigenvalue weighted by molar-refractivity contribution is 1.32. The molecule has 18 heavy (non-hydrogen) atoms. The van der Waals surface area contributed by atoms with Crippen molar-refractivity contribution in [1.82, 2.24) is 0 Å². The van der Waals surface area contributed by atoms with Crippen LogP contribution in [0.5, 0.6) is 0 Å². The van der Waals surface area contributed by atoms with Gasteiger partial charge in [-0.2, -0.15) is 11.1 Å². The van der Waals surface area contributed by atoms with Gasteiger partial charge in [0.2, 0.25) is 0 Å². The van der Waals surface area contributed by atoms with Crippen LogP contribution in [-0.2, 0) is 5.75 Å². The van der Waals surface area contributed by atoms with Gasteiger partial charge in [-0.25, -0.2) is 4.40 Å². The summed E-state index contributed by atoms with van der Waals surface area (Å²) in [5.41, 5.74) is 4.02. The summed E-state index contributed by atoms with van der Waals surface area (Å²) in [6.45, 7) is 0. The fourth-order valence-corrected chi connectivity index (χ4v) is 4.23. The summed E-state index contributed by atoms with van der Waals surface area (Å²) in [5, 5.41) is 0. The van der Waals surface area contributed by atoms with Gasteiger partial charge in [0.15, 0.2) is 0 Å². The molecule has 0 spiro atoms. The van der Waals surface area contributed by atoms with E-state index in [1.165, 1.54) is 22.6 Å². The van der Waals surface area contributed by atoms with Crippen LogP contribution in [0.4, 0.5) is 0 Å². The van der Waals surface area contributed by atoms with Crippen molar-refractivity contribution in [1.29, 1.82) is 0 Å². The summed E-state index contributed by atoms with van der Waals surface area (Å²) in [4.78, 5) is 0. The van der Waals surface area contributed by atoms with Gasteiger partial charge in [0.1, 0.15) is 0 Å². The average Bonchev–Trinajstić information content (AvgIpc) is 2.89. The van der Waals surface area contributed by atoms with E-state index in [0.29, 0.717) is 0 Å². The van der Waals surface area contributed by atoms with E-state index in [1.54, 1.807) is 0 Å². The monoisotopic (exact) mass is 255 g/mol. The van der Waals surface area contributed by atoms with Crippen molar-refractivity contribution in [2.45, 2.75) is 12.2 Å². The van der Waals surface area contributed by atoms with E-state index >= 15 is 0 Å². The van der Waals surface area contributed by atoms with Crippen LogP contribution < -0.4 is 0 Å². The summed E-state index contributed by atoms with van der Waals surface area (Å²) in [5.74, 6) is 2.38. The SMILES string of the molecule is c1ccc(C[SH]2CCC(c3ccccc3)=N2)cc1. The Bertz CT molecular complexity index is 534. The van der Waals surface area contributed by atoms with Crippen molar-refractivity contribution in [3.63, 3.8) is 0 Å². The van der Waals surface area contributed by atoms with Gasteiger partial charge in [-0.3, -0.25) is 0 Å². The van der Waals surface area contributed by atoms with Crippen LogP contribution in [-0.4, -0.2) is 11.5 Å². The highest BCUT2D eigenvalue weighted by atomic mass is 32.2. The lowest BCUT2D eigenvalue weighted by Crippen LogP contribution is -1.95. The summed E-state index contributed by atoms with van der Waals surface area (Å²) in [7, 11) is 0. The number of hydrogen-bond donors (Lipinski definition) is 1. The minimum atomic E-state index is -0.196. The number of nitrogens with zero attached hydrogens (tertiary/aromatic N) is 1. The summed E-state index contributed by atoms with van der Waals surface area (Å²) < 4.78 is 4.94. The minimum absolute atomic E-state index is 0.196. The first-order chi connectivity index (χ1) is 8.92. The maximum atomic E-state index is 4.94. The Hall–Kier alpha value is -1.54. The zero-order valence-corrected chi connectivity index (χ0v) is 11.2. The van der Waals surface area contributed by atoms with Crippen LogP contribution in [0.25, 0.3) is 0 Å². The molecule has 2 aromatic rings. The normalized spacial score (nSPS) is 20.7. The van der Waals surface area contributed by atoms with Gasteiger partial charge >= 0.3 is 0 Å². The van der Waals surface area contributed by atoms with Crippen LogP contribution in [0.15, 0.2) is 65.1 Å². The number of benzene rings is 2. The van der Waals surface area contributed by atoms with Gasteiger partial charge in [0.25, 0.3) is 0 Å². The van der Waals surface area contributed by atoms with Crippen molar-refractivity contribution in [2.75, 3.05) is 5.75 Å². The van der Waals surface area contributed by atoms with Crippen LogP contribution in [0, 0.1) is 0 Å². The number of thiol groups is 1. The molecule has 2 aromatic carbocycles. The Morgan fingerprint density at radius 2 is 1.56 bits per heavy atom. The smallest absolute Gasteiger partial charge is 0.0545 e. The van der Waals surface area contributed by atoms with Crippen molar-refractivity contribution in [3.8, 4) is 0 Å². The predicted molar refractivity (Wildman–Crippen MR) is 81.6 cm³/mol. The molecule has 2 heteroatoms. The molecule has 1 unspecified atom stereocenters. The Labute approximate surface area is 111 Å². The first-order valence-electron chi connectivity index (χ1n) is 6.33. The lowest BCUT2D eigenvalue weighted by atomic mass is 10.1. The summed E-state index contributed by atoms with van der Waals surface area (Å²) in [6, 6.07) is 21.3. The second kappa shape index (κ2) is 5.40. The van der Waals surface area contributed by atoms with E-state index in [0.717, 1.165) is 12.2 Å². The highest BCUT2D eigenvalue weighted by Gasteiger charge is 2.15. The Morgan fingerprint density at radius 1 is 0.889 bits per heavy atom. The predicted octanol–water partition coefficient (Wildman–Crippen LogP) is 4.00. The molecule has 0 bridgehead atoms. The van der Waals surface area contributed by atoms with E-state index < -0.39 is 0 Å². The quantitative estimate of drug-likeness (QED) is 0.796. The zero-order valence-electron chi connectivity index (χ0n) is 10.3. The van der Waals surface area contributed by atoms with Gasteiger partial charge in [-0.1, -0.05) is 60.7 Å². The highest BCUT2D eigenvalue weighted by Crippen LogP contribution is 2.38. The molecular weight excluding hydrogens is 238 g/mol. The largest absolute Gasteiger partial charge is 0.244 e. The molecule has 1 nitrogen and oxygen atoms in total. The van der Waals surface area contributed by atoms with Crippen molar-refractivity contribution >= 4 is 16.8 Å². The average molecular weight is 255 g/mol. The zero-order chi connectivity index (χ0) is 12.2. The second-order valence-corrected chi connectivity index (χ2v) is 6.51. The maximum Gasteiger partial charge on any atom is 0.0545 e. The third kappa shape index (κ3) is 2.65. The van der Waals surface area contributed by atoms with Gasteiger partial charge in [-0.05, 0) is 23.3 Å².